The van der Waals surface area contributed by atoms with Gasteiger partial charge in [0.1, 0.15) is 6.10 Å². The Bertz CT molecular complexity index is 566. The summed E-state index contributed by atoms with van der Waals surface area (Å²) in [5.74, 6) is 0.921. The molecule has 0 radical (unpaired) electrons. The van der Waals surface area contributed by atoms with E-state index in [1.165, 1.54) is 63.6 Å². The maximum atomic E-state index is 6.13. The van der Waals surface area contributed by atoms with E-state index in [0.29, 0.717) is 12.1 Å². The number of hydrogen-bond donors (Lipinski definition) is 1. The largest absolute Gasteiger partial charge is 0.372 e. The number of rotatable bonds is 4. The first-order valence-corrected chi connectivity index (χ1v) is 10.8. The number of nitrogens with one attached hydrogen (secondary N) is 1. The van der Waals surface area contributed by atoms with Gasteiger partial charge in [0.05, 0.1) is 6.20 Å². The Labute approximate surface area is 158 Å². The first-order chi connectivity index (χ1) is 12.7. The summed E-state index contributed by atoms with van der Waals surface area (Å²) < 4.78 is 8.02. The molecule has 4 rings (SSSR count). The molecule has 0 aromatic carbocycles. The van der Waals surface area contributed by atoms with Crippen molar-refractivity contribution in [1.82, 2.24) is 20.0 Å². The molecule has 4 atom stereocenters. The topological polar surface area (TPSA) is 42.3 Å². The Balaban J connectivity index is 1.30. The molecule has 1 N–H and O–H groups in total. The van der Waals surface area contributed by atoms with Crippen LogP contribution in [0.5, 0.6) is 0 Å². The lowest BCUT2D eigenvalue weighted by atomic mass is 9.85. The van der Waals surface area contributed by atoms with Crippen molar-refractivity contribution in [3.63, 3.8) is 0 Å². The standard InChI is InChI=1S/C21H36N4O/c1-16-5-3-6-19(13-16)25-10-8-18(9-11-25)23-20-7-4-12-26-21(20)17-14-22-24(2)15-17/h14-16,18-21,23H,3-13H2,1-2H3/t16?,19?,20-,21+/m0/s1. The zero-order valence-electron chi connectivity index (χ0n) is 16.6. The quantitative estimate of drug-likeness (QED) is 0.895. The lowest BCUT2D eigenvalue weighted by Crippen LogP contribution is -2.51. The molecular formula is C21H36N4O. The molecule has 1 saturated carbocycles. The lowest BCUT2D eigenvalue weighted by molar-refractivity contribution is -0.0173. The molecule has 3 fully saturated rings. The fourth-order valence-corrected chi connectivity index (χ4v) is 5.34. The van der Waals surface area contributed by atoms with Gasteiger partial charge < -0.3 is 15.0 Å². The molecular weight excluding hydrogens is 324 g/mol. The number of aromatic nitrogens is 2. The van der Waals surface area contributed by atoms with E-state index in [1.54, 1.807) is 0 Å². The number of aryl methyl sites for hydroxylation is 1. The first-order valence-electron chi connectivity index (χ1n) is 10.8. The van der Waals surface area contributed by atoms with Crippen molar-refractivity contribution in [2.45, 2.75) is 82.5 Å². The van der Waals surface area contributed by atoms with Crippen molar-refractivity contribution in [3.8, 4) is 0 Å². The second kappa shape index (κ2) is 8.41. The van der Waals surface area contributed by atoms with Gasteiger partial charge in [0, 0.05) is 43.5 Å². The first kappa shape index (κ1) is 18.5. The summed E-state index contributed by atoms with van der Waals surface area (Å²) in [6.45, 7) is 5.83. The van der Waals surface area contributed by atoms with Gasteiger partial charge in [-0.3, -0.25) is 4.68 Å². The van der Waals surface area contributed by atoms with Crippen LogP contribution in [-0.2, 0) is 11.8 Å². The number of piperidine rings is 1. The van der Waals surface area contributed by atoms with Crippen LogP contribution in [-0.4, -0.2) is 52.5 Å². The zero-order chi connectivity index (χ0) is 17.9. The predicted molar refractivity (Wildman–Crippen MR) is 104 cm³/mol. The summed E-state index contributed by atoms with van der Waals surface area (Å²) in [6, 6.07) is 1.91. The summed E-state index contributed by atoms with van der Waals surface area (Å²) in [4.78, 5) is 2.78. The summed E-state index contributed by atoms with van der Waals surface area (Å²) in [5.41, 5.74) is 1.22. The second-order valence-electron chi connectivity index (χ2n) is 8.89. The number of hydrogen-bond acceptors (Lipinski definition) is 4. The summed E-state index contributed by atoms with van der Waals surface area (Å²) in [6.07, 6.45) is 14.9. The average molecular weight is 361 g/mol. The highest BCUT2D eigenvalue weighted by molar-refractivity contribution is 5.12. The highest BCUT2D eigenvalue weighted by atomic mass is 16.5. The molecule has 0 bridgehead atoms. The van der Waals surface area contributed by atoms with Crippen molar-refractivity contribution in [3.05, 3.63) is 18.0 Å². The molecule has 5 heteroatoms. The minimum atomic E-state index is 0.162. The van der Waals surface area contributed by atoms with Gasteiger partial charge in [0.2, 0.25) is 0 Å². The van der Waals surface area contributed by atoms with Crippen LogP contribution in [0.25, 0.3) is 0 Å². The Morgan fingerprint density at radius 2 is 1.96 bits per heavy atom. The van der Waals surface area contributed by atoms with E-state index in [9.17, 15) is 0 Å². The summed E-state index contributed by atoms with van der Waals surface area (Å²) in [5, 5.41) is 8.30. The van der Waals surface area contributed by atoms with Gasteiger partial charge in [-0.1, -0.05) is 19.8 Å². The van der Waals surface area contributed by atoms with Gasteiger partial charge in [-0.15, -0.1) is 0 Å². The van der Waals surface area contributed by atoms with Crippen LogP contribution in [0.4, 0.5) is 0 Å². The van der Waals surface area contributed by atoms with Crippen LogP contribution >= 0.6 is 0 Å². The number of ether oxygens (including phenoxy) is 1. The van der Waals surface area contributed by atoms with E-state index in [1.807, 2.05) is 17.9 Å². The molecule has 26 heavy (non-hydrogen) atoms. The molecule has 3 aliphatic rings. The van der Waals surface area contributed by atoms with Crippen molar-refractivity contribution in [2.24, 2.45) is 13.0 Å². The molecule has 2 aliphatic heterocycles. The van der Waals surface area contributed by atoms with Gasteiger partial charge in [-0.05, 0) is 57.5 Å². The number of likely N-dealkylation sites (tertiary alicyclic amines) is 1. The van der Waals surface area contributed by atoms with E-state index in [-0.39, 0.29) is 6.10 Å². The lowest BCUT2D eigenvalue weighted by Gasteiger charge is -2.42. The Kier molecular flexibility index (Phi) is 5.97. The monoisotopic (exact) mass is 360 g/mol. The van der Waals surface area contributed by atoms with Crippen molar-refractivity contribution >= 4 is 0 Å². The van der Waals surface area contributed by atoms with Crippen LogP contribution in [0.15, 0.2) is 12.4 Å². The highest BCUT2D eigenvalue weighted by Crippen LogP contribution is 2.31. The van der Waals surface area contributed by atoms with Crippen molar-refractivity contribution in [2.75, 3.05) is 19.7 Å². The van der Waals surface area contributed by atoms with Crippen LogP contribution in [0.3, 0.4) is 0 Å². The predicted octanol–water partition coefficient (Wildman–Crippen LogP) is 3.27. The fraction of sp³-hybridized carbons (Fsp3) is 0.857. The minimum absolute atomic E-state index is 0.162. The third kappa shape index (κ3) is 4.32. The molecule has 3 heterocycles. The fourth-order valence-electron chi connectivity index (χ4n) is 5.34. The zero-order valence-corrected chi connectivity index (χ0v) is 16.6. The maximum Gasteiger partial charge on any atom is 0.101 e. The number of nitrogens with zero attached hydrogens (tertiary/aromatic N) is 3. The van der Waals surface area contributed by atoms with Crippen molar-refractivity contribution in [1.29, 1.82) is 0 Å². The highest BCUT2D eigenvalue weighted by Gasteiger charge is 2.33. The molecule has 0 amide bonds. The van der Waals surface area contributed by atoms with Gasteiger partial charge in [0.15, 0.2) is 0 Å². The van der Waals surface area contributed by atoms with Crippen LogP contribution < -0.4 is 5.32 Å². The van der Waals surface area contributed by atoms with E-state index in [2.05, 4.69) is 28.4 Å². The summed E-state index contributed by atoms with van der Waals surface area (Å²) in [7, 11) is 1.98. The minimum Gasteiger partial charge on any atom is -0.372 e. The SMILES string of the molecule is CC1CCCC(N2CCC(N[C@H]3CCCO[C@@H]3c3cnn(C)c3)CC2)C1. The Morgan fingerprint density at radius 3 is 2.69 bits per heavy atom. The molecule has 1 aromatic rings. The van der Waals surface area contributed by atoms with Crippen LogP contribution in [0.2, 0.25) is 0 Å². The van der Waals surface area contributed by atoms with Crippen molar-refractivity contribution < 1.29 is 4.74 Å². The van der Waals surface area contributed by atoms with E-state index in [4.69, 9.17) is 4.74 Å². The third-order valence-corrected chi connectivity index (χ3v) is 6.78. The summed E-state index contributed by atoms with van der Waals surface area (Å²) >= 11 is 0. The van der Waals surface area contributed by atoms with Gasteiger partial charge in [0.25, 0.3) is 0 Å². The Morgan fingerprint density at radius 1 is 1.12 bits per heavy atom. The van der Waals surface area contributed by atoms with Crippen LogP contribution in [0, 0.1) is 5.92 Å². The van der Waals surface area contributed by atoms with E-state index in [0.717, 1.165) is 25.0 Å². The van der Waals surface area contributed by atoms with Crippen LogP contribution in [0.1, 0.15) is 70.0 Å². The molecule has 146 valence electrons. The molecule has 5 nitrogen and oxygen atoms in total. The van der Waals surface area contributed by atoms with Gasteiger partial charge >= 0.3 is 0 Å². The van der Waals surface area contributed by atoms with Gasteiger partial charge in [-0.25, -0.2) is 0 Å². The normalized spacial score (nSPS) is 34.8. The van der Waals surface area contributed by atoms with Gasteiger partial charge in [-0.2, -0.15) is 5.10 Å². The molecule has 1 aromatic heterocycles. The van der Waals surface area contributed by atoms with E-state index < -0.39 is 0 Å². The molecule has 0 spiro atoms. The smallest absolute Gasteiger partial charge is 0.101 e. The molecule has 1 aliphatic carbocycles. The maximum absolute atomic E-state index is 6.13. The average Bonchev–Trinajstić information content (AvgIpc) is 3.09. The molecule has 2 saturated heterocycles. The molecule has 2 unspecified atom stereocenters. The Hall–Kier alpha value is -0.910. The second-order valence-corrected chi connectivity index (χ2v) is 8.89. The van der Waals surface area contributed by atoms with E-state index >= 15 is 0 Å². The third-order valence-electron chi connectivity index (χ3n) is 6.78.